The molecule has 0 heterocycles. The smallest absolute Gasteiger partial charge is 0.261 e. The third-order valence-electron chi connectivity index (χ3n) is 4.18. The van der Waals surface area contributed by atoms with E-state index < -0.39 is 6.10 Å². The second kappa shape index (κ2) is 7.74. The van der Waals surface area contributed by atoms with Gasteiger partial charge in [-0.25, -0.2) is 0 Å². The van der Waals surface area contributed by atoms with Crippen LogP contribution in [-0.2, 0) is 4.79 Å². The fourth-order valence-electron chi connectivity index (χ4n) is 2.74. The van der Waals surface area contributed by atoms with Crippen LogP contribution in [0.15, 0.2) is 29.2 Å². The number of ether oxygens (including phenoxy) is 1. The lowest BCUT2D eigenvalue weighted by atomic mass is 9.86. The Bertz CT molecular complexity index is 460. The molecule has 0 spiro atoms. The molecule has 1 aliphatic carbocycles. The summed E-state index contributed by atoms with van der Waals surface area (Å²) in [5.41, 5.74) is 0. The van der Waals surface area contributed by atoms with E-state index >= 15 is 0 Å². The van der Waals surface area contributed by atoms with Crippen LogP contribution in [0.5, 0.6) is 5.75 Å². The highest BCUT2D eigenvalue weighted by Crippen LogP contribution is 2.24. The summed E-state index contributed by atoms with van der Waals surface area (Å²) in [6.45, 7) is 4.03. The lowest BCUT2D eigenvalue weighted by Gasteiger charge is -2.30. The van der Waals surface area contributed by atoms with Crippen molar-refractivity contribution in [2.45, 2.75) is 56.6 Å². The van der Waals surface area contributed by atoms with Crippen LogP contribution in [0, 0.1) is 5.92 Å². The first-order valence-electron chi connectivity index (χ1n) is 7.71. The highest BCUT2D eigenvalue weighted by atomic mass is 32.2. The summed E-state index contributed by atoms with van der Waals surface area (Å²) in [5, 5.41) is 3.14. The van der Waals surface area contributed by atoms with Gasteiger partial charge in [0.05, 0.1) is 0 Å². The quantitative estimate of drug-likeness (QED) is 0.839. The summed E-state index contributed by atoms with van der Waals surface area (Å²) in [7, 11) is 0. The Kier molecular flexibility index (Phi) is 5.97. The normalized spacial score (nSPS) is 23.4. The van der Waals surface area contributed by atoms with Crippen molar-refractivity contribution in [2.75, 3.05) is 6.26 Å². The van der Waals surface area contributed by atoms with Crippen LogP contribution in [0.2, 0.25) is 0 Å². The molecule has 4 heteroatoms. The molecule has 3 nitrogen and oxygen atoms in total. The maximum absolute atomic E-state index is 12.2. The van der Waals surface area contributed by atoms with Crippen molar-refractivity contribution in [1.82, 2.24) is 5.32 Å². The number of amides is 1. The van der Waals surface area contributed by atoms with Crippen molar-refractivity contribution in [2.24, 2.45) is 5.92 Å². The minimum atomic E-state index is -0.459. The Morgan fingerprint density at radius 3 is 2.57 bits per heavy atom. The molecule has 3 unspecified atom stereocenters. The van der Waals surface area contributed by atoms with E-state index in [1.54, 1.807) is 11.8 Å². The van der Waals surface area contributed by atoms with Crippen LogP contribution in [0.3, 0.4) is 0 Å². The van der Waals surface area contributed by atoms with Gasteiger partial charge in [-0.3, -0.25) is 4.79 Å². The Balaban J connectivity index is 1.86. The molecule has 1 fully saturated rings. The first-order chi connectivity index (χ1) is 10.1. The second-order valence-electron chi connectivity index (χ2n) is 5.81. The zero-order valence-electron chi connectivity index (χ0n) is 13.1. The SMILES string of the molecule is CSc1ccc(OC(C)C(=O)NC2CCCCC2C)cc1. The molecule has 0 bridgehead atoms. The maximum Gasteiger partial charge on any atom is 0.261 e. The Hall–Kier alpha value is -1.16. The van der Waals surface area contributed by atoms with Crippen molar-refractivity contribution in [3.05, 3.63) is 24.3 Å². The van der Waals surface area contributed by atoms with Crippen LogP contribution in [-0.4, -0.2) is 24.3 Å². The van der Waals surface area contributed by atoms with Crippen molar-refractivity contribution in [1.29, 1.82) is 0 Å². The predicted molar refractivity (Wildman–Crippen MR) is 87.9 cm³/mol. The monoisotopic (exact) mass is 307 g/mol. The van der Waals surface area contributed by atoms with Crippen molar-refractivity contribution >= 4 is 17.7 Å². The average Bonchev–Trinajstić information content (AvgIpc) is 2.50. The fraction of sp³-hybridized carbons (Fsp3) is 0.588. The van der Waals surface area contributed by atoms with Crippen LogP contribution in [0.4, 0.5) is 0 Å². The van der Waals surface area contributed by atoms with Crippen LogP contribution in [0.1, 0.15) is 39.5 Å². The molecule has 1 saturated carbocycles. The average molecular weight is 307 g/mol. The van der Waals surface area contributed by atoms with E-state index in [0.717, 1.165) is 12.2 Å². The summed E-state index contributed by atoms with van der Waals surface area (Å²) < 4.78 is 5.73. The summed E-state index contributed by atoms with van der Waals surface area (Å²) in [4.78, 5) is 13.4. The molecule has 0 saturated heterocycles. The number of carbonyl (C=O) groups is 1. The van der Waals surface area contributed by atoms with E-state index in [1.165, 1.54) is 24.2 Å². The molecule has 1 N–H and O–H groups in total. The summed E-state index contributed by atoms with van der Waals surface area (Å²) in [5.74, 6) is 1.30. The molecule has 1 aromatic rings. The lowest BCUT2D eigenvalue weighted by molar-refractivity contribution is -0.128. The molecule has 0 radical (unpaired) electrons. The summed E-state index contributed by atoms with van der Waals surface area (Å²) in [6.07, 6.45) is 6.36. The van der Waals surface area contributed by atoms with Crippen molar-refractivity contribution in [3.8, 4) is 5.75 Å². The van der Waals surface area contributed by atoms with E-state index in [0.29, 0.717) is 12.0 Å². The molecule has 1 aliphatic rings. The van der Waals surface area contributed by atoms with Gasteiger partial charge in [-0.15, -0.1) is 11.8 Å². The van der Waals surface area contributed by atoms with Gasteiger partial charge in [0.15, 0.2) is 6.10 Å². The highest BCUT2D eigenvalue weighted by Gasteiger charge is 2.25. The van der Waals surface area contributed by atoms with E-state index in [2.05, 4.69) is 12.2 Å². The number of carbonyl (C=O) groups excluding carboxylic acids is 1. The summed E-state index contributed by atoms with van der Waals surface area (Å²) in [6, 6.07) is 8.15. The fourth-order valence-corrected chi connectivity index (χ4v) is 3.15. The summed E-state index contributed by atoms with van der Waals surface area (Å²) >= 11 is 1.69. The standard InChI is InChI=1S/C17H25NO2S/c1-12-6-4-5-7-16(12)18-17(19)13(2)20-14-8-10-15(21-3)11-9-14/h8-13,16H,4-7H2,1-3H3,(H,18,19). The predicted octanol–water partition coefficient (Wildman–Crippen LogP) is 3.87. The zero-order chi connectivity index (χ0) is 15.2. The zero-order valence-corrected chi connectivity index (χ0v) is 13.9. The topological polar surface area (TPSA) is 38.3 Å². The number of hydrogen-bond acceptors (Lipinski definition) is 3. The van der Waals surface area contributed by atoms with Gasteiger partial charge < -0.3 is 10.1 Å². The maximum atomic E-state index is 12.2. The Morgan fingerprint density at radius 2 is 1.95 bits per heavy atom. The van der Waals surface area contributed by atoms with Gasteiger partial charge in [-0.2, -0.15) is 0 Å². The third-order valence-corrected chi connectivity index (χ3v) is 4.92. The van der Waals surface area contributed by atoms with Crippen molar-refractivity contribution in [3.63, 3.8) is 0 Å². The molecule has 21 heavy (non-hydrogen) atoms. The van der Waals surface area contributed by atoms with Gasteiger partial charge in [0.25, 0.3) is 5.91 Å². The largest absolute Gasteiger partial charge is 0.481 e. The van der Waals surface area contributed by atoms with Crippen LogP contribution < -0.4 is 10.1 Å². The van der Waals surface area contributed by atoms with Gasteiger partial charge in [0.2, 0.25) is 0 Å². The molecule has 0 aromatic heterocycles. The first kappa shape index (κ1) is 16.2. The molecule has 3 atom stereocenters. The molecule has 2 rings (SSSR count). The molecule has 0 aliphatic heterocycles. The van der Waals surface area contributed by atoms with Crippen molar-refractivity contribution < 1.29 is 9.53 Å². The van der Waals surface area contributed by atoms with Crippen LogP contribution >= 0.6 is 11.8 Å². The number of nitrogens with one attached hydrogen (secondary N) is 1. The van der Waals surface area contributed by atoms with Gasteiger partial charge >= 0.3 is 0 Å². The number of thioether (sulfide) groups is 1. The van der Waals surface area contributed by atoms with E-state index in [1.807, 2.05) is 37.4 Å². The lowest BCUT2D eigenvalue weighted by Crippen LogP contribution is -2.46. The molecular weight excluding hydrogens is 282 g/mol. The Labute approximate surface area is 131 Å². The van der Waals surface area contributed by atoms with Crippen LogP contribution in [0.25, 0.3) is 0 Å². The van der Waals surface area contributed by atoms with E-state index in [9.17, 15) is 4.79 Å². The first-order valence-corrected chi connectivity index (χ1v) is 8.93. The highest BCUT2D eigenvalue weighted by molar-refractivity contribution is 7.98. The third kappa shape index (κ3) is 4.67. The Morgan fingerprint density at radius 1 is 1.29 bits per heavy atom. The van der Waals surface area contributed by atoms with E-state index in [-0.39, 0.29) is 5.91 Å². The molecule has 116 valence electrons. The van der Waals surface area contributed by atoms with Gasteiger partial charge in [0.1, 0.15) is 5.75 Å². The molecule has 1 amide bonds. The number of hydrogen-bond donors (Lipinski definition) is 1. The van der Waals surface area contributed by atoms with Gasteiger partial charge in [-0.05, 0) is 56.2 Å². The van der Waals surface area contributed by atoms with Gasteiger partial charge in [-0.1, -0.05) is 19.8 Å². The second-order valence-corrected chi connectivity index (χ2v) is 6.69. The number of benzene rings is 1. The minimum Gasteiger partial charge on any atom is -0.481 e. The molecular formula is C17H25NO2S. The number of rotatable bonds is 5. The minimum absolute atomic E-state index is 0.0114. The molecule has 1 aromatic carbocycles. The van der Waals surface area contributed by atoms with E-state index in [4.69, 9.17) is 4.74 Å². The van der Waals surface area contributed by atoms with Gasteiger partial charge in [0, 0.05) is 10.9 Å².